The van der Waals surface area contributed by atoms with Crippen LogP contribution >= 0.6 is 11.9 Å². The van der Waals surface area contributed by atoms with Gasteiger partial charge in [0.05, 0.1) is 11.0 Å². The van der Waals surface area contributed by atoms with E-state index in [0.29, 0.717) is 0 Å². The molecule has 0 radical (unpaired) electrons. The lowest BCUT2D eigenvalue weighted by atomic mass is 10.1. The lowest BCUT2D eigenvalue weighted by molar-refractivity contribution is 0.00907. The van der Waals surface area contributed by atoms with Crippen LogP contribution in [0.1, 0.15) is 33.5 Å². The number of nitrogens with one attached hydrogen (secondary N) is 2. The highest BCUT2D eigenvalue weighted by Crippen LogP contribution is 2.33. The minimum atomic E-state index is -0.459. The van der Waals surface area contributed by atoms with Crippen molar-refractivity contribution in [2.75, 3.05) is 30.3 Å². The van der Waals surface area contributed by atoms with Gasteiger partial charge >= 0.3 is 6.03 Å². The number of anilines is 2. The molecule has 2 N–H and O–H groups in total. The summed E-state index contributed by atoms with van der Waals surface area (Å²) < 4.78 is 10.1. The van der Waals surface area contributed by atoms with E-state index in [-0.39, 0.29) is 6.03 Å². The summed E-state index contributed by atoms with van der Waals surface area (Å²) in [4.78, 5) is 17.5. The Hall–Kier alpha value is -2.71. The van der Waals surface area contributed by atoms with Crippen LogP contribution in [0.15, 0.2) is 47.4 Å². The third-order valence-corrected chi connectivity index (χ3v) is 6.40. The van der Waals surface area contributed by atoms with Crippen LogP contribution in [0.5, 0.6) is 0 Å². The van der Waals surface area contributed by atoms with Gasteiger partial charge in [-0.1, -0.05) is 0 Å². The first-order valence-corrected chi connectivity index (χ1v) is 11.2. The highest BCUT2D eigenvalue weighted by atomic mass is 32.2. The fourth-order valence-electron chi connectivity index (χ4n) is 3.36. The molecule has 0 atom stereocenters. The third kappa shape index (κ3) is 4.97. The smallest absolute Gasteiger partial charge is 0.318 e. The minimum Gasteiger partial charge on any atom is -0.371 e. The van der Waals surface area contributed by atoms with Gasteiger partial charge in [-0.3, -0.25) is 0 Å². The molecule has 2 aromatic carbocycles. The Bertz CT molecular complexity index is 1050. The molecule has 1 heterocycles. The van der Waals surface area contributed by atoms with E-state index in [0.717, 1.165) is 46.2 Å². The summed E-state index contributed by atoms with van der Waals surface area (Å²) in [6.45, 7) is 10.0. The summed E-state index contributed by atoms with van der Waals surface area (Å²) in [7, 11) is 3.31. The van der Waals surface area contributed by atoms with Gasteiger partial charge in [0.25, 0.3) is 0 Å². The van der Waals surface area contributed by atoms with Crippen LogP contribution in [0.3, 0.4) is 0 Å². The normalized spacial score (nSPS) is 11.5. The molecular weight excluding hydrogens is 410 g/mol. The van der Waals surface area contributed by atoms with E-state index in [9.17, 15) is 4.79 Å². The molecule has 1 aromatic heterocycles. The highest BCUT2D eigenvalue weighted by molar-refractivity contribution is 8.00. The highest BCUT2D eigenvalue weighted by Gasteiger charge is 2.27. The summed E-state index contributed by atoms with van der Waals surface area (Å²) in [5.74, 6) is 0.930. The Balaban J connectivity index is 1.86. The van der Waals surface area contributed by atoms with Gasteiger partial charge in [-0.25, -0.2) is 9.78 Å². The zero-order chi connectivity index (χ0) is 22.6. The van der Waals surface area contributed by atoms with Crippen molar-refractivity contribution in [1.82, 2.24) is 14.9 Å². The van der Waals surface area contributed by atoms with Crippen molar-refractivity contribution in [1.29, 1.82) is 0 Å². The molecule has 166 valence electrons. The van der Waals surface area contributed by atoms with Crippen LogP contribution in [0.4, 0.5) is 16.2 Å². The molecule has 0 aliphatic rings. The van der Waals surface area contributed by atoms with E-state index < -0.39 is 5.60 Å². The number of amides is 2. The molecule has 0 saturated carbocycles. The van der Waals surface area contributed by atoms with Crippen molar-refractivity contribution >= 4 is 40.4 Å². The van der Waals surface area contributed by atoms with Crippen molar-refractivity contribution in [2.24, 2.45) is 0 Å². The molecule has 0 unspecified atom stereocenters. The quantitative estimate of drug-likeness (QED) is 0.469. The lowest BCUT2D eigenvalue weighted by Crippen LogP contribution is -2.24. The van der Waals surface area contributed by atoms with E-state index >= 15 is 0 Å². The Kier molecular flexibility index (Phi) is 7.12. The van der Waals surface area contributed by atoms with E-state index in [1.165, 1.54) is 0 Å². The number of hydrogen-bond acceptors (Lipinski definition) is 5. The first kappa shape index (κ1) is 23.0. The molecule has 0 saturated heterocycles. The SMILES string of the molecule is CCN(Sc1ccc(NC(=O)NC)cc1)c1ccc2c(c1)nc(C(C)(C)OC)n2CC. The van der Waals surface area contributed by atoms with Gasteiger partial charge in [-0.15, -0.1) is 0 Å². The van der Waals surface area contributed by atoms with Gasteiger partial charge in [-0.2, -0.15) is 0 Å². The second-order valence-electron chi connectivity index (χ2n) is 7.58. The fraction of sp³-hybridized carbons (Fsp3) is 0.391. The lowest BCUT2D eigenvalue weighted by Gasteiger charge is -2.23. The van der Waals surface area contributed by atoms with Crippen molar-refractivity contribution in [3.63, 3.8) is 0 Å². The van der Waals surface area contributed by atoms with Gasteiger partial charge in [0, 0.05) is 43.5 Å². The van der Waals surface area contributed by atoms with Crippen LogP contribution in [0.2, 0.25) is 0 Å². The number of benzene rings is 2. The van der Waals surface area contributed by atoms with E-state index in [4.69, 9.17) is 9.72 Å². The minimum absolute atomic E-state index is 0.230. The number of fused-ring (bicyclic) bond motifs is 1. The van der Waals surface area contributed by atoms with Crippen LogP contribution in [-0.4, -0.2) is 36.3 Å². The van der Waals surface area contributed by atoms with Crippen LogP contribution in [0, 0.1) is 0 Å². The fourth-order valence-corrected chi connectivity index (χ4v) is 4.22. The first-order chi connectivity index (χ1) is 14.8. The molecule has 3 rings (SSSR count). The van der Waals surface area contributed by atoms with Crippen molar-refractivity contribution in [3.8, 4) is 0 Å². The first-order valence-electron chi connectivity index (χ1n) is 10.4. The topological polar surface area (TPSA) is 71.4 Å². The Morgan fingerprint density at radius 1 is 1.19 bits per heavy atom. The zero-order valence-electron chi connectivity index (χ0n) is 19.0. The second kappa shape index (κ2) is 9.62. The molecule has 0 fully saturated rings. The number of imidazole rings is 1. The maximum absolute atomic E-state index is 11.5. The molecule has 2 amide bonds. The molecule has 0 aliphatic carbocycles. The molecule has 31 heavy (non-hydrogen) atoms. The van der Waals surface area contributed by atoms with E-state index in [2.05, 4.69) is 51.6 Å². The Morgan fingerprint density at radius 2 is 1.90 bits per heavy atom. The standard InChI is InChI=1S/C23H31N5O2S/c1-7-27-20-14-11-17(15-19(20)26-21(27)23(3,4)30-6)28(8-2)31-18-12-9-16(10-13-18)25-22(29)24-5/h9-15H,7-8H2,1-6H3,(H2,24,25,29). The summed E-state index contributed by atoms with van der Waals surface area (Å²) in [5.41, 5.74) is 3.46. The number of carbonyl (C=O) groups is 1. The van der Waals surface area contributed by atoms with Gasteiger partial charge < -0.3 is 24.2 Å². The number of carbonyl (C=O) groups excluding carboxylic acids is 1. The monoisotopic (exact) mass is 441 g/mol. The summed E-state index contributed by atoms with van der Waals surface area (Å²) in [6.07, 6.45) is 0. The molecule has 0 bridgehead atoms. The molecule has 8 heteroatoms. The molecular formula is C23H31N5O2S. The van der Waals surface area contributed by atoms with E-state index in [1.54, 1.807) is 26.1 Å². The maximum atomic E-state index is 11.5. The number of aryl methyl sites for hydroxylation is 1. The van der Waals surface area contributed by atoms with Gasteiger partial charge in [0.15, 0.2) is 0 Å². The second-order valence-corrected chi connectivity index (χ2v) is 8.68. The summed E-state index contributed by atoms with van der Waals surface area (Å²) in [5, 5.41) is 5.32. The summed E-state index contributed by atoms with van der Waals surface area (Å²) in [6, 6.07) is 14.0. The third-order valence-electron chi connectivity index (χ3n) is 5.23. The van der Waals surface area contributed by atoms with Gasteiger partial charge in [0.1, 0.15) is 11.4 Å². The van der Waals surface area contributed by atoms with Crippen LogP contribution in [0.25, 0.3) is 11.0 Å². The van der Waals surface area contributed by atoms with Crippen molar-refractivity contribution < 1.29 is 9.53 Å². The van der Waals surface area contributed by atoms with Gasteiger partial charge in [0.2, 0.25) is 0 Å². The Morgan fingerprint density at radius 3 is 2.48 bits per heavy atom. The average molecular weight is 442 g/mol. The van der Waals surface area contributed by atoms with Crippen molar-refractivity contribution in [3.05, 3.63) is 48.3 Å². The predicted molar refractivity (Wildman–Crippen MR) is 129 cm³/mol. The Labute approximate surface area is 188 Å². The van der Waals surface area contributed by atoms with Crippen molar-refractivity contribution in [2.45, 2.75) is 44.7 Å². The number of urea groups is 1. The van der Waals surface area contributed by atoms with Crippen LogP contribution in [-0.2, 0) is 16.9 Å². The number of rotatable bonds is 8. The number of methoxy groups -OCH3 is 1. The van der Waals surface area contributed by atoms with Gasteiger partial charge in [-0.05, 0) is 82.1 Å². The van der Waals surface area contributed by atoms with Crippen LogP contribution < -0.4 is 14.9 Å². The number of aromatic nitrogens is 2. The van der Waals surface area contributed by atoms with E-state index in [1.807, 2.05) is 38.1 Å². The predicted octanol–water partition coefficient (Wildman–Crippen LogP) is 5.22. The maximum Gasteiger partial charge on any atom is 0.318 e. The molecule has 0 spiro atoms. The number of nitrogens with zero attached hydrogens (tertiary/aromatic N) is 3. The number of ether oxygens (including phenoxy) is 1. The average Bonchev–Trinajstić information content (AvgIpc) is 3.17. The number of hydrogen-bond donors (Lipinski definition) is 2. The largest absolute Gasteiger partial charge is 0.371 e. The molecule has 0 aliphatic heterocycles. The molecule has 3 aromatic rings. The summed E-state index contributed by atoms with van der Waals surface area (Å²) >= 11 is 1.66. The zero-order valence-corrected chi connectivity index (χ0v) is 19.8. The molecule has 7 nitrogen and oxygen atoms in total.